The van der Waals surface area contributed by atoms with Crippen LogP contribution in [0, 0.1) is 0 Å². The molecule has 1 aromatic carbocycles. The Balaban J connectivity index is 2.69. The third-order valence-corrected chi connectivity index (χ3v) is 2.15. The Morgan fingerprint density at radius 1 is 1.31 bits per heavy atom. The van der Waals surface area contributed by atoms with Crippen LogP contribution < -0.4 is 0 Å². The van der Waals surface area contributed by atoms with Gasteiger partial charge in [-0.15, -0.1) is 0 Å². The topological polar surface area (TPSA) is 20.2 Å². The van der Waals surface area contributed by atoms with Crippen LogP contribution in [0.1, 0.15) is 25.8 Å². The molecule has 0 aliphatic carbocycles. The molecule has 0 fully saturated rings. The monoisotopic (exact) mass is 176 g/mol. The van der Waals surface area contributed by atoms with Gasteiger partial charge >= 0.3 is 0 Å². The van der Waals surface area contributed by atoms with Crippen molar-refractivity contribution in [2.75, 3.05) is 0 Å². The van der Waals surface area contributed by atoms with Gasteiger partial charge in [-0.2, -0.15) is 0 Å². The second kappa shape index (κ2) is 4.24. The first kappa shape index (κ1) is 10.0. The summed E-state index contributed by atoms with van der Waals surface area (Å²) >= 11 is 0. The summed E-state index contributed by atoms with van der Waals surface area (Å²) in [5.74, 6) is 0. The molecule has 1 unspecified atom stereocenters. The summed E-state index contributed by atoms with van der Waals surface area (Å²) in [6.45, 7) is 3.78. The molecule has 0 saturated heterocycles. The fraction of sp³-hybridized carbons (Fsp3) is 0.333. The first-order valence-corrected chi connectivity index (χ1v) is 4.61. The van der Waals surface area contributed by atoms with E-state index in [9.17, 15) is 5.11 Å². The van der Waals surface area contributed by atoms with E-state index in [0.29, 0.717) is 0 Å². The molecule has 1 atom stereocenters. The highest BCUT2D eigenvalue weighted by Gasteiger charge is 2.11. The number of hydrogen-bond donors (Lipinski definition) is 1. The lowest BCUT2D eigenvalue weighted by Crippen LogP contribution is -2.18. The maximum atomic E-state index is 9.70. The highest BCUT2D eigenvalue weighted by Crippen LogP contribution is 2.12. The Morgan fingerprint density at radius 2 is 1.92 bits per heavy atom. The predicted octanol–water partition coefficient (Wildman–Crippen LogP) is 2.86. The van der Waals surface area contributed by atoms with Gasteiger partial charge in [0.1, 0.15) is 0 Å². The van der Waals surface area contributed by atoms with E-state index in [4.69, 9.17) is 0 Å². The van der Waals surface area contributed by atoms with Gasteiger partial charge in [0.15, 0.2) is 0 Å². The van der Waals surface area contributed by atoms with Crippen LogP contribution in [0.4, 0.5) is 0 Å². The molecule has 1 heteroatoms. The Kier molecular flexibility index (Phi) is 3.26. The largest absolute Gasteiger partial charge is 0.386 e. The molecule has 1 aromatic rings. The first-order valence-electron chi connectivity index (χ1n) is 4.61. The molecule has 0 aliphatic heterocycles. The van der Waals surface area contributed by atoms with Gasteiger partial charge in [0.25, 0.3) is 0 Å². The normalized spacial score (nSPS) is 15.9. The van der Waals surface area contributed by atoms with Crippen LogP contribution in [0.15, 0.2) is 36.4 Å². The third-order valence-electron chi connectivity index (χ3n) is 2.15. The number of aliphatic hydroxyl groups is 1. The Bertz CT molecular complexity index is 272. The third kappa shape index (κ3) is 3.43. The van der Waals surface area contributed by atoms with Crippen molar-refractivity contribution in [2.45, 2.75) is 25.9 Å². The fourth-order valence-corrected chi connectivity index (χ4v) is 0.958. The average molecular weight is 176 g/mol. The van der Waals surface area contributed by atoms with Gasteiger partial charge in [0.05, 0.1) is 5.60 Å². The van der Waals surface area contributed by atoms with Gasteiger partial charge in [-0.25, -0.2) is 0 Å². The maximum Gasteiger partial charge on any atom is 0.0800 e. The minimum absolute atomic E-state index is 0.685. The van der Waals surface area contributed by atoms with E-state index in [1.54, 1.807) is 0 Å². The van der Waals surface area contributed by atoms with Crippen LogP contribution in [-0.4, -0.2) is 10.7 Å². The van der Waals surface area contributed by atoms with E-state index >= 15 is 0 Å². The van der Waals surface area contributed by atoms with E-state index in [-0.39, 0.29) is 0 Å². The molecule has 0 radical (unpaired) electrons. The molecule has 0 spiro atoms. The van der Waals surface area contributed by atoms with Gasteiger partial charge in [0.2, 0.25) is 0 Å². The molecule has 0 heterocycles. The van der Waals surface area contributed by atoms with Crippen molar-refractivity contribution in [1.82, 2.24) is 0 Å². The lowest BCUT2D eigenvalue weighted by molar-refractivity contribution is 0.108. The van der Waals surface area contributed by atoms with E-state index in [1.807, 2.05) is 56.3 Å². The zero-order valence-electron chi connectivity index (χ0n) is 8.20. The maximum absolute atomic E-state index is 9.70. The SMILES string of the molecule is CCC(C)(O)/C=C\c1ccccc1. The molecule has 0 aliphatic rings. The van der Waals surface area contributed by atoms with Crippen LogP contribution in [-0.2, 0) is 0 Å². The van der Waals surface area contributed by atoms with E-state index in [2.05, 4.69) is 0 Å². The smallest absolute Gasteiger partial charge is 0.0800 e. The lowest BCUT2D eigenvalue weighted by atomic mass is 10.0. The highest BCUT2D eigenvalue weighted by molar-refractivity contribution is 5.49. The van der Waals surface area contributed by atoms with Crippen molar-refractivity contribution >= 4 is 6.08 Å². The molecular weight excluding hydrogens is 160 g/mol. The highest BCUT2D eigenvalue weighted by atomic mass is 16.3. The second-order valence-electron chi connectivity index (χ2n) is 3.45. The summed E-state index contributed by atoms with van der Waals surface area (Å²) in [7, 11) is 0. The van der Waals surface area contributed by atoms with Crippen LogP contribution in [0.3, 0.4) is 0 Å². The summed E-state index contributed by atoms with van der Waals surface area (Å²) in [6, 6.07) is 9.99. The van der Waals surface area contributed by atoms with Gasteiger partial charge in [-0.05, 0) is 18.9 Å². The molecule has 1 N–H and O–H groups in total. The molecule has 0 bridgehead atoms. The molecule has 70 valence electrons. The van der Waals surface area contributed by atoms with Crippen LogP contribution >= 0.6 is 0 Å². The average Bonchev–Trinajstić information content (AvgIpc) is 2.17. The van der Waals surface area contributed by atoms with Crippen LogP contribution in [0.25, 0.3) is 6.08 Å². The van der Waals surface area contributed by atoms with E-state index in [0.717, 1.165) is 12.0 Å². The lowest BCUT2D eigenvalue weighted by Gasteiger charge is -2.15. The van der Waals surface area contributed by atoms with Gasteiger partial charge in [-0.1, -0.05) is 49.4 Å². The van der Waals surface area contributed by atoms with E-state index < -0.39 is 5.60 Å². The second-order valence-corrected chi connectivity index (χ2v) is 3.45. The summed E-state index contributed by atoms with van der Waals surface area (Å²) in [5.41, 5.74) is 0.437. The standard InChI is InChI=1S/C12H16O/c1-3-12(2,13)10-9-11-7-5-4-6-8-11/h4-10,13H,3H2,1-2H3/b10-9-. The van der Waals surface area contributed by atoms with Crippen molar-refractivity contribution in [1.29, 1.82) is 0 Å². The van der Waals surface area contributed by atoms with Gasteiger partial charge in [0, 0.05) is 0 Å². The van der Waals surface area contributed by atoms with Crippen molar-refractivity contribution in [3.05, 3.63) is 42.0 Å². The summed E-state index contributed by atoms with van der Waals surface area (Å²) in [5, 5.41) is 9.70. The fourth-order valence-electron chi connectivity index (χ4n) is 0.958. The van der Waals surface area contributed by atoms with Crippen LogP contribution in [0.5, 0.6) is 0 Å². The predicted molar refractivity (Wildman–Crippen MR) is 56.4 cm³/mol. The van der Waals surface area contributed by atoms with Crippen molar-refractivity contribution in [3.8, 4) is 0 Å². The summed E-state index contributed by atoms with van der Waals surface area (Å²) < 4.78 is 0. The van der Waals surface area contributed by atoms with Crippen molar-refractivity contribution in [3.63, 3.8) is 0 Å². The van der Waals surface area contributed by atoms with Gasteiger partial charge in [-0.3, -0.25) is 0 Å². The van der Waals surface area contributed by atoms with E-state index in [1.165, 1.54) is 0 Å². The van der Waals surface area contributed by atoms with Crippen LogP contribution in [0.2, 0.25) is 0 Å². The zero-order valence-corrected chi connectivity index (χ0v) is 8.20. The first-order chi connectivity index (χ1) is 6.14. The molecule has 13 heavy (non-hydrogen) atoms. The summed E-state index contributed by atoms with van der Waals surface area (Å²) in [4.78, 5) is 0. The minimum atomic E-state index is -0.685. The minimum Gasteiger partial charge on any atom is -0.386 e. The molecule has 1 rings (SSSR count). The number of rotatable bonds is 3. The number of benzene rings is 1. The Hall–Kier alpha value is -1.08. The summed E-state index contributed by atoms with van der Waals surface area (Å²) in [6.07, 6.45) is 4.52. The molecule has 0 amide bonds. The van der Waals surface area contributed by atoms with Gasteiger partial charge < -0.3 is 5.11 Å². The zero-order chi connectivity index (χ0) is 9.73. The quantitative estimate of drug-likeness (QED) is 0.750. The van der Waals surface area contributed by atoms with Crippen molar-refractivity contribution in [2.24, 2.45) is 0 Å². The Labute approximate surface area is 79.7 Å². The molecule has 0 saturated carbocycles. The number of hydrogen-bond acceptors (Lipinski definition) is 1. The molecule has 1 nitrogen and oxygen atoms in total. The molecular formula is C12H16O. The molecule has 0 aromatic heterocycles. The van der Waals surface area contributed by atoms with Crippen molar-refractivity contribution < 1.29 is 5.11 Å². The Morgan fingerprint density at radius 3 is 2.46 bits per heavy atom.